The first kappa shape index (κ1) is 15.9. The lowest BCUT2D eigenvalue weighted by Gasteiger charge is -1.98. The number of halogens is 2. The third-order valence-corrected chi connectivity index (χ3v) is 2.13. The van der Waals surface area contributed by atoms with Crippen LogP contribution in [0.2, 0.25) is 0 Å². The number of hydrogen-bond donors (Lipinski definition) is 1. The molecule has 0 unspecified atom stereocenters. The molecule has 1 aromatic rings. The summed E-state index contributed by atoms with van der Waals surface area (Å²) in [5, 5.41) is 0. The molecule has 13 heavy (non-hydrogen) atoms. The zero-order valence-electron chi connectivity index (χ0n) is 7.40. The van der Waals surface area contributed by atoms with Crippen LogP contribution >= 0.6 is 45.9 Å². The highest BCUT2D eigenvalue weighted by molar-refractivity contribution is 8.93. The second-order valence-corrected chi connectivity index (χ2v) is 2.97. The Morgan fingerprint density at radius 3 is 2.69 bits per heavy atom. The van der Waals surface area contributed by atoms with Gasteiger partial charge in [0.1, 0.15) is 0 Å². The van der Waals surface area contributed by atoms with Crippen LogP contribution in [0.1, 0.15) is 12.6 Å². The quantitative estimate of drug-likeness (QED) is 0.679. The topological polar surface area (TPSA) is 24.9 Å². The van der Waals surface area contributed by atoms with Crippen molar-refractivity contribution in [3.63, 3.8) is 0 Å². The highest BCUT2D eigenvalue weighted by Gasteiger charge is 1.90. The van der Waals surface area contributed by atoms with Crippen LogP contribution in [0.25, 0.3) is 0 Å². The zero-order valence-corrected chi connectivity index (χ0v) is 11.6. The summed E-state index contributed by atoms with van der Waals surface area (Å²) in [7, 11) is 0. The molecule has 0 amide bonds. The molecule has 1 aromatic heterocycles. The van der Waals surface area contributed by atoms with Gasteiger partial charge in [0.25, 0.3) is 0 Å². The summed E-state index contributed by atoms with van der Waals surface area (Å²) in [6.45, 7) is 3.09. The Morgan fingerprint density at radius 1 is 1.38 bits per heavy atom. The molecular weight excluding hydrogens is 316 g/mol. The first-order valence-corrected chi connectivity index (χ1v) is 4.66. The van der Waals surface area contributed by atoms with E-state index >= 15 is 0 Å². The molecule has 0 bridgehead atoms. The molecule has 0 saturated heterocycles. The lowest BCUT2D eigenvalue weighted by atomic mass is 10.4. The van der Waals surface area contributed by atoms with Crippen LogP contribution in [0.3, 0.4) is 0 Å². The van der Waals surface area contributed by atoms with E-state index in [0.29, 0.717) is 0 Å². The third kappa shape index (κ3) is 7.49. The Balaban J connectivity index is 0. The van der Waals surface area contributed by atoms with E-state index in [2.05, 4.69) is 16.6 Å². The van der Waals surface area contributed by atoms with Gasteiger partial charge in [0.2, 0.25) is 0 Å². The van der Waals surface area contributed by atoms with Gasteiger partial charge in [-0.1, -0.05) is 24.9 Å². The van der Waals surface area contributed by atoms with Gasteiger partial charge in [0, 0.05) is 12.7 Å². The first-order valence-electron chi connectivity index (χ1n) is 3.68. The van der Waals surface area contributed by atoms with Crippen molar-refractivity contribution in [1.29, 1.82) is 0 Å². The number of pyridine rings is 1. The molecule has 0 aliphatic carbocycles. The molecule has 1 N–H and O–H groups in total. The normalized spacial score (nSPS) is 8.38. The number of nitrogens with zero attached hydrogens (tertiary/aromatic N) is 1. The molecule has 1 heterocycles. The van der Waals surface area contributed by atoms with Crippen molar-refractivity contribution < 1.29 is 0 Å². The van der Waals surface area contributed by atoms with Crippen LogP contribution in [-0.2, 0) is 5.75 Å². The fraction of sp³-hybridized carbons (Fsp3) is 0.375. The maximum Gasteiger partial charge on any atom is 0.0515 e. The average molecular weight is 330 g/mol. The van der Waals surface area contributed by atoms with Crippen LogP contribution in [0.15, 0.2) is 24.4 Å². The van der Waals surface area contributed by atoms with E-state index in [9.17, 15) is 0 Å². The number of nitrogens with one attached hydrogen (secondary N) is 1. The average Bonchev–Trinajstić information content (AvgIpc) is 2.07. The van der Waals surface area contributed by atoms with E-state index in [0.717, 1.165) is 18.0 Å². The number of aromatic nitrogens is 1. The third-order valence-electron chi connectivity index (χ3n) is 1.19. The Labute approximate surface area is 105 Å². The van der Waals surface area contributed by atoms with Crippen molar-refractivity contribution >= 4 is 45.9 Å². The van der Waals surface area contributed by atoms with Gasteiger partial charge in [-0.2, -0.15) is 0 Å². The van der Waals surface area contributed by atoms with E-state index in [1.807, 2.05) is 24.4 Å². The zero-order chi connectivity index (χ0) is 7.94. The van der Waals surface area contributed by atoms with Crippen molar-refractivity contribution in [2.45, 2.75) is 12.7 Å². The van der Waals surface area contributed by atoms with Crippen molar-refractivity contribution in [3.05, 3.63) is 30.1 Å². The lowest BCUT2D eigenvalue weighted by Crippen LogP contribution is -2.01. The molecule has 1 rings (SSSR count). The van der Waals surface area contributed by atoms with Crippen molar-refractivity contribution in [1.82, 2.24) is 9.71 Å². The van der Waals surface area contributed by atoms with E-state index in [-0.39, 0.29) is 34.0 Å². The summed E-state index contributed by atoms with van der Waals surface area (Å²) < 4.78 is 3.17. The molecule has 0 spiro atoms. The number of hydrogen-bond acceptors (Lipinski definition) is 3. The molecule has 0 aromatic carbocycles. The van der Waals surface area contributed by atoms with E-state index in [1.165, 1.54) is 0 Å². The minimum absolute atomic E-state index is 0. The Hall–Kier alpha value is 0.420. The predicted octanol–water partition coefficient (Wildman–Crippen LogP) is 3.00. The Bertz CT molecular complexity index is 197. The molecule has 0 saturated carbocycles. The molecule has 2 nitrogen and oxygen atoms in total. The molecule has 0 radical (unpaired) electrons. The summed E-state index contributed by atoms with van der Waals surface area (Å²) in [6.07, 6.45) is 1.82. The minimum atomic E-state index is 0. The van der Waals surface area contributed by atoms with Gasteiger partial charge >= 0.3 is 0 Å². The standard InChI is InChI=1S/C8H12N2S.2BrH/c1-2-10-11-7-8-5-3-4-6-9-8;;/h3-6,10H,2,7H2,1H3;2*1H. The minimum Gasteiger partial charge on any atom is -0.264 e. The summed E-state index contributed by atoms with van der Waals surface area (Å²) >= 11 is 1.69. The predicted molar refractivity (Wildman–Crippen MR) is 69.9 cm³/mol. The van der Waals surface area contributed by atoms with Crippen molar-refractivity contribution in [2.75, 3.05) is 6.54 Å². The lowest BCUT2D eigenvalue weighted by molar-refractivity contribution is 1.03. The highest BCUT2D eigenvalue weighted by atomic mass is 79.9. The van der Waals surface area contributed by atoms with Gasteiger partial charge in [-0.25, -0.2) is 0 Å². The SMILES string of the molecule is Br.Br.CCNSCc1ccccn1. The highest BCUT2D eigenvalue weighted by Crippen LogP contribution is 2.04. The molecule has 0 aliphatic heterocycles. The second kappa shape index (κ2) is 10.5. The molecule has 0 aliphatic rings. The summed E-state index contributed by atoms with van der Waals surface area (Å²) in [4.78, 5) is 4.19. The monoisotopic (exact) mass is 328 g/mol. The maximum atomic E-state index is 4.19. The molecule has 0 fully saturated rings. The van der Waals surface area contributed by atoms with Crippen molar-refractivity contribution in [3.8, 4) is 0 Å². The largest absolute Gasteiger partial charge is 0.264 e. The van der Waals surface area contributed by atoms with E-state index in [4.69, 9.17) is 0 Å². The summed E-state index contributed by atoms with van der Waals surface area (Å²) in [5.41, 5.74) is 1.12. The molecule has 5 heteroatoms. The van der Waals surface area contributed by atoms with Crippen LogP contribution in [0.5, 0.6) is 0 Å². The van der Waals surface area contributed by atoms with Crippen LogP contribution in [0.4, 0.5) is 0 Å². The smallest absolute Gasteiger partial charge is 0.0515 e. The molecule has 0 atom stereocenters. The molecular formula is C8H14Br2N2S. The van der Waals surface area contributed by atoms with Crippen LogP contribution in [-0.4, -0.2) is 11.5 Å². The van der Waals surface area contributed by atoms with Gasteiger partial charge in [-0.3, -0.25) is 9.71 Å². The van der Waals surface area contributed by atoms with Gasteiger partial charge < -0.3 is 0 Å². The van der Waals surface area contributed by atoms with Gasteiger partial charge in [0.15, 0.2) is 0 Å². The van der Waals surface area contributed by atoms with E-state index in [1.54, 1.807) is 11.9 Å². The fourth-order valence-electron chi connectivity index (χ4n) is 0.711. The van der Waals surface area contributed by atoms with E-state index < -0.39 is 0 Å². The Morgan fingerprint density at radius 2 is 2.15 bits per heavy atom. The van der Waals surface area contributed by atoms with Crippen LogP contribution < -0.4 is 4.72 Å². The van der Waals surface area contributed by atoms with Gasteiger partial charge in [-0.05, 0) is 12.1 Å². The summed E-state index contributed by atoms with van der Waals surface area (Å²) in [6, 6.07) is 5.97. The Kier molecular flexibility index (Phi) is 12.8. The fourth-order valence-corrected chi connectivity index (χ4v) is 1.34. The molecule has 76 valence electrons. The van der Waals surface area contributed by atoms with Crippen LogP contribution in [0, 0.1) is 0 Å². The van der Waals surface area contributed by atoms with Gasteiger partial charge in [0.05, 0.1) is 11.4 Å². The first-order chi connectivity index (χ1) is 5.43. The summed E-state index contributed by atoms with van der Waals surface area (Å²) in [5.74, 6) is 0.939. The second-order valence-electron chi connectivity index (χ2n) is 2.11. The maximum absolute atomic E-state index is 4.19. The number of rotatable bonds is 4. The van der Waals surface area contributed by atoms with Gasteiger partial charge in [-0.15, -0.1) is 34.0 Å². The van der Waals surface area contributed by atoms with Crippen molar-refractivity contribution in [2.24, 2.45) is 0 Å².